The number of carboxylic acids is 1. The van der Waals surface area contributed by atoms with Crippen molar-refractivity contribution >= 4 is 12.3 Å². The maximum atomic E-state index is 11.7. The second kappa shape index (κ2) is 7.33. The molecule has 6 nitrogen and oxygen atoms in total. The Morgan fingerprint density at radius 3 is 2.42 bits per heavy atom. The van der Waals surface area contributed by atoms with Gasteiger partial charge in [-0.15, -0.1) is 0 Å². The number of aryl methyl sites for hydroxylation is 1. The Labute approximate surface area is 150 Å². The number of carbonyl (C=O) groups excluding carboxylic acids is 1. The van der Waals surface area contributed by atoms with E-state index in [1.165, 1.54) is 12.3 Å². The van der Waals surface area contributed by atoms with Crippen molar-refractivity contribution in [2.24, 2.45) is 0 Å². The summed E-state index contributed by atoms with van der Waals surface area (Å²) >= 11 is 0. The fraction of sp³-hybridized carbons (Fsp3) is 0.150. The number of aromatic nitrogens is 2. The minimum absolute atomic E-state index is 0.0557. The Balaban J connectivity index is 2.07. The van der Waals surface area contributed by atoms with Crippen molar-refractivity contribution in [1.29, 1.82) is 0 Å². The van der Waals surface area contributed by atoms with Gasteiger partial charge in [0.25, 0.3) is 0 Å². The number of carbonyl (C=O) groups is 2. The van der Waals surface area contributed by atoms with Crippen LogP contribution in [0.2, 0.25) is 0 Å². The number of nitrogens with zero attached hydrogens (tertiary/aromatic N) is 2. The topological polar surface area (TPSA) is 92.4 Å². The number of aldehydes is 1. The lowest BCUT2D eigenvalue weighted by atomic mass is 9.98. The highest BCUT2D eigenvalue weighted by molar-refractivity contribution is 5.98. The second-order valence-corrected chi connectivity index (χ2v) is 6.05. The molecule has 0 amide bonds. The number of aliphatic hydroxyl groups excluding tert-OH is 1. The standard InChI is InChI=1S/C20H18N2O4/c1-13-2-4-14(5-3-13)10-22-19(12-24)18(9-21-22)17-8-15(11-23)6-7-16(17)20(25)26/h2-9,12,23H,10-11H2,1H3,(H,25,26). The van der Waals surface area contributed by atoms with Gasteiger partial charge in [0.05, 0.1) is 24.9 Å². The third-order valence-corrected chi connectivity index (χ3v) is 4.23. The van der Waals surface area contributed by atoms with Crippen LogP contribution >= 0.6 is 0 Å². The van der Waals surface area contributed by atoms with Gasteiger partial charge in [-0.25, -0.2) is 4.79 Å². The molecular formula is C20H18N2O4. The van der Waals surface area contributed by atoms with E-state index >= 15 is 0 Å². The van der Waals surface area contributed by atoms with Crippen molar-refractivity contribution in [3.8, 4) is 11.1 Å². The van der Waals surface area contributed by atoms with E-state index in [-0.39, 0.29) is 12.2 Å². The average molecular weight is 350 g/mol. The summed E-state index contributed by atoms with van der Waals surface area (Å²) in [4.78, 5) is 23.3. The van der Waals surface area contributed by atoms with Crippen molar-refractivity contribution in [3.05, 3.63) is 76.6 Å². The van der Waals surface area contributed by atoms with E-state index in [2.05, 4.69) is 5.10 Å². The summed E-state index contributed by atoms with van der Waals surface area (Å²) in [6.45, 7) is 2.17. The van der Waals surface area contributed by atoms with E-state index < -0.39 is 5.97 Å². The predicted octanol–water partition coefficient (Wildman–Crippen LogP) is 2.91. The Morgan fingerprint density at radius 1 is 1.12 bits per heavy atom. The first-order valence-corrected chi connectivity index (χ1v) is 8.07. The van der Waals surface area contributed by atoms with Crippen molar-refractivity contribution in [2.75, 3.05) is 0 Å². The molecule has 2 aromatic carbocycles. The van der Waals surface area contributed by atoms with Crippen LogP contribution in [0, 0.1) is 6.92 Å². The van der Waals surface area contributed by atoms with Crippen LogP contribution in [-0.2, 0) is 13.2 Å². The summed E-state index contributed by atoms with van der Waals surface area (Å²) in [7, 11) is 0. The zero-order chi connectivity index (χ0) is 18.7. The normalized spacial score (nSPS) is 10.7. The largest absolute Gasteiger partial charge is 0.478 e. The van der Waals surface area contributed by atoms with Gasteiger partial charge < -0.3 is 10.2 Å². The van der Waals surface area contributed by atoms with E-state index in [0.717, 1.165) is 11.1 Å². The molecule has 3 aromatic rings. The Hall–Kier alpha value is -3.25. The number of aliphatic hydroxyl groups is 1. The van der Waals surface area contributed by atoms with Crippen molar-refractivity contribution in [2.45, 2.75) is 20.1 Å². The van der Waals surface area contributed by atoms with Crippen LogP contribution in [0.4, 0.5) is 0 Å². The Morgan fingerprint density at radius 2 is 1.81 bits per heavy atom. The number of aromatic carboxylic acids is 1. The fourth-order valence-corrected chi connectivity index (χ4v) is 2.82. The first-order valence-electron chi connectivity index (χ1n) is 8.07. The molecule has 1 aromatic heterocycles. The van der Waals surface area contributed by atoms with Gasteiger partial charge in [-0.2, -0.15) is 5.10 Å². The molecule has 0 aliphatic heterocycles. The fourth-order valence-electron chi connectivity index (χ4n) is 2.82. The summed E-state index contributed by atoms with van der Waals surface area (Å²) in [5.41, 5.74) is 3.82. The number of hydrogen-bond acceptors (Lipinski definition) is 4. The zero-order valence-corrected chi connectivity index (χ0v) is 14.2. The number of carboxylic acid groups (broad SMARTS) is 1. The van der Waals surface area contributed by atoms with E-state index in [9.17, 15) is 19.8 Å². The van der Waals surface area contributed by atoms with Crippen LogP contribution in [0.3, 0.4) is 0 Å². The molecule has 0 spiro atoms. The third kappa shape index (κ3) is 3.41. The molecule has 3 rings (SSSR count). The van der Waals surface area contributed by atoms with E-state index in [4.69, 9.17) is 0 Å². The van der Waals surface area contributed by atoms with Crippen LogP contribution in [0.25, 0.3) is 11.1 Å². The SMILES string of the molecule is Cc1ccc(Cn2ncc(-c3cc(CO)ccc3C(=O)O)c2C=O)cc1. The highest BCUT2D eigenvalue weighted by atomic mass is 16.4. The smallest absolute Gasteiger partial charge is 0.336 e. The lowest BCUT2D eigenvalue weighted by Crippen LogP contribution is -2.07. The zero-order valence-electron chi connectivity index (χ0n) is 14.2. The maximum Gasteiger partial charge on any atom is 0.336 e. The molecule has 0 radical (unpaired) electrons. The summed E-state index contributed by atoms with van der Waals surface area (Å²) in [5, 5.41) is 23.1. The van der Waals surface area contributed by atoms with Crippen molar-refractivity contribution in [1.82, 2.24) is 9.78 Å². The van der Waals surface area contributed by atoms with Crippen LogP contribution < -0.4 is 0 Å². The van der Waals surface area contributed by atoms with E-state index in [1.54, 1.807) is 16.8 Å². The van der Waals surface area contributed by atoms with Crippen LogP contribution in [0.5, 0.6) is 0 Å². The summed E-state index contributed by atoms with van der Waals surface area (Å²) < 4.78 is 1.55. The van der Waals surface area contributed by atoms with E-state index in [1.807, 2.05) is 31.2 Å². The van der Waals surface area contributed by atoms with Crippen molar-refractivity contribution in [3.63, 3.8) is 0 Å². The molecule has 0 saturated heterocycles. The van der Waals surface area contributed by atoms with Crippen molar-refractivity contribution < 1.29 is 19.8 Å². The molecular weight excluding hydrogens is 332 g/mol. The third-order valence-electron chi connectivity index (χ3n) is 4.23. The van der Waals surface area contributed by atoms with Gasteiger partial charge in [0.15, 0.2) is 6.29 Å². The number of rotatable bonds is 6. The molecule has 0 saturated carbocycles. The van der Waals surface area contributed by atoms with Gasteiger partial charge in [-0.05, 0) is 30.2 Å². The van der Waals surface area contributed by atoms with E-state index in [0.29, 0.717) is 35.2 Å². The monoisotopic (exact) mass is 350 g/mol. The quantitative estimate of drug-likeness (QED) is 0.667. The van der Waals surface area contributed by atoms with Gasteiger partial charge in [0.2, 0.25) is 0 Å². The molecule has 132 valence electrons. The number of benzene rings is 2. The van der Waals surface area contributed by atoms with Gasteiger partial charge in [0, 0.05) is 11.1 Å². The highest BCUT2D eigenvalue weighted by Crippen LogP contribution is 2.28. The Bertz CT molecular complexity index is 958. The molecule has 0 fully saturated rings. The minimum Gasteiger partial charge on any atom is -0.478 e. The van der Waals surface area contributed by atoms with Gasteiger partial charge in [-0.3, -0.25) is 9.48 Å². The maximum absolute atomic E-state index is 11.7. The predicted molar refractivity (Wildman–Crippen MR) is 96.2 cm³/mol. The average Bonchev–Trinajstić information content (AvgIpc) is 3.05. The Kier molecular flexibility index (Phi) is 4.95. The van der Waals surface area contributed by atoms with Gasteiger partial charge in [-0.1, -0.05) is 35.9 Å². The second-order valence-electron chi connectivity index (χ2n) is 6.05. The first kappa shape index (κ1) is 17.6. The molecule has 2 N–H and O–H groups in total. The summed E-state index contributed by atoms with van der Waals surface area (Å²) in [6, 6.07) is 12.4. The molecule has 0 aliphatic carbocycles. The lowest BCUT2D eigenvalue weighted by Gasteiger charge is -2.09. The molecule has 0 bridgehead atoms. The lowest BCUT2D eigenvalue weighted by molar-refractivity contribution is 0.0697. The highest BCUT2D eigenvalue weighted by Gasteiger charge is 2.19. The minimum atomic E-state index is -1.10. The van der Waals surface area contributed by atoms with Gasteiger partial charge in [0.1, 0.15) is 5.69 Å². The molecule has 26 heavy (non-hydrogen) atoms. The van der Waals surface area contributed by atoms with Crippen LogP contribution in [0.15, 0.2) is 48.7 Å². The summed E-state index contributed by atoms with van der Waals surface area (Å²) in [5.74, 6) is -1.10. The molecule has 6 heteroatoms. The first-order chi connectivity index (χ1) is 12.5. The van der Waals surface area contributed by atoms with Crippen LogP contribution in [-0.4, -0.2) is 32.2 Å². The summed E-state index contributed by atoms with van der Waals surface area (Å²) in [6.07, 6.45) is 2.16. The molecule has 1 heterocycles. The molecule has 0 aliphatic rings. The molecule has 0 unspecified atom stereocenters. The molecule has 0 atom stereocenters. The number of hydrogen-bond donors (Lipinski definition) is 2. The van der Waals surface area contributed by atoms with Gasteiger partial charge >= 0.3 is 5.97 Å². The van der Waals surface area contributed by atoms with Crippen LogP contribution in [0.1, 0.15) is 37.5 Å².